The van der Waals surface area contributed by atoms with Gasteiger partial charge in [0.05, 0.1) is 4.83 Å². The van der Waals surface area contributed by atoms with E-state index >= 15 is 0 Å². The van der Waals surface area contributed by atoms with E-state index in [1.807, 2.05) is 30.3 Å². The number of benzene rings is 2. The summed E-state index contributed by atoms with van der Waals surface area (Å²) in [6.07, 6.45) is -0.621. The Bertz CT molecular complexity index is 798. The molecule has 2 aromatic carbocycles. The van der Waals surface area contributed by atoms with Gasteiger partial charge in [-0.3, -0.25) is 4.79 Å². The van der Waals surface area contributed by atoms with Crippen LogP contribution in [0.25, 0.3) is 0 Å². The molecule has 6 heteroatoms. The molecule has 23 heavy (non-hydrogen) atoms. The lowest BCUT2D eigenvalue weighted by atomic mass is 10.0. The Balaban J connectivity index is 1.72. The molecule has 0 spiro atoms. The lowest BCUT2D eigenvalue weighted by molar-refractivity contribution is -0.116. The molecular weight excluding hydrogens is 401 g/mol. The molecule has 2 aliphatic heterocycles. The first-order valence-corrected chi connectivity index (χ1v) is 8.88. The molecule has 2 heterocycles. The van der Waals surface area contributed by atoms with Gasteiger partial charge in [0.15, 0.2) is 6.23 Å². The molecule has 0 N–H and O–H groups in total. The summed E-state index contributed by atoms with van der Waals surface area (Å²) in [4.78, 5) is 14.2. The second-order valence-corrected chi connectivity index (χ2v) is 7.66. The predicted octanol–water partition coefficient (Wildman–Crippen LogP) is 4.98. The van der Waals surface area contributed by atoms with E-state index in [1.165, 1.54) is 0 Å². The first-order valence-electron chi connectivity index (χ1n) is 7.20. The van der Waals surface area contributed by atoms with Crippen molar-refractivity contribution >= 4 is 45.0 Å². The van der Waals surface area contributed by atoms with E-state index in [9.17, 15) is 4.79 Å². The molecule has 1 amide bonds. The number of amides is 1. The van der Waals surface area contributed by atoms with E-state index in [4.69, 9.17) is 27.9 Å². The molecule has 3 nitrogen and oxygen atoms in total. The third-order valence-corrected chi connectivity index (χ3v) is 5.58. The zero-order chi connectivity index (χ0) is 16.1. The summed E-state index contributed by atoms with van der Waals surface area (Å²) in [6, 6.07) is 13.0. The van der Waals surface area contributed by atoms with Crippen LogP contribution in [0.15, 0.2) is 42.5 Å². The summed E-state index contributed by atoms with van der Waals surface area (Å²) in [5.74, 6) is 0.00991. The zero-order valence-corrected chi connectivity index (χ0v) is 15.0. The number of ether oxygens (including phenoxy) is 1. The van der Waals surface area contributed by atoms with Gasteiger partial charge in [0.25, 0.3) is 5.91 Å². The van der Waals surface area contributed by atoms with E-state index in [0.717, 1.165) is 11.1 Å². The van der Waals surface area contributed by atoms with Crippen LogP contribution in [0, 0.1) is 0 Å². The Hall–Kier alpha value is -1.07. The van der Waals surface area contributed by atoms with E-state index in [-0.39, 0.29) is 23.1 Å². The zero-order valence-electron chi connectivity index (χ0n) is 11.9. The number of hydrogen-bond donors (Lipinski definition) is 0. The average Bonchev–Trinajstić information content (AvgIpc) is 2.80. The summed E-state index contributed by atoms with van der Waals surface area (Å²) in [5, 5.41) is 1.15. The molecule has 0 unspecified atom stereocenters. The summed E-state index contributed by atoms with van der Waals surface area (Å²) in [7, 11) is 0. The standard InChI is InChI=1S/C17H12BrCl2NO2/c18-13-8-21-16(22)10-3-1-2-4-11(10)17(21)23-15(13)12-6-5-9(19)7-14(12)20/h1-7,13,15,17H,8H2/t13-,15+,17-/m1/s1. The molecule has 118 valence electrons. The number of alkyl halides is 1. The van der Waals surface area contributed by atoms with Crippen LogP contribution < -0.4 is 0 Å². The Labute approximate surface area is 152 Å². The minimum Gasteiger partial charge on any atom is -0.345 e. The molecule has 3 atom stereocenters. The van der Waals surface area contributed by atoms with Gasteiger partial charge in [-0.05, 0) is 18.2 Å². The van der Waals surface area contributed by atoms with Crippen LogP contribution in [0.4, 0.5) is 0 Å². The van der Waals surface area contributed by atoms with Crippen LogP contribution >= 0.6 is 39.1 Å². The highest BCUT2D eigenvalue weighted by Gasteiger charge is 2.45. The summed E-state index contributed by atoms with van der Waals surface area (Å²) in [6.45, 7) is 0.557. The number of hydrogen-bond acceptors (Lipinski definition) is 2. The molecule has 1 fully saturated rings. The van der Waals surface area contributed by atoms with Crippen LogP contribution in [0.2, 0.25) is 10.0 Å². The maximum atomic E-state index is 12.5. The molecule has 4 rings (SSSR count). The number of nitrogens with zero attached hydrogens (tertiary/aromatic N) is 1. The summed E-state index contributed by atoms with van der Waals surface area (Å²) < 4.78 is 6.26. The Morgan fingerprint density at radius 2 is 1.91 bits per heavy atom. The van der Waals surface area contributed by atoms with Crippen molar-refractivity contribution in [2.75, 3.05) is 6.54 Å². The van der Waals surface area contributed by atoms with Crippen molar-refractivity contribution < 1.29 is 9.53 Å². The Morgan fingerprint density at radius 3 is 2.70 bits per heavy atom. The fourth-order valence-corrected chi connectivity index (χ4v) is 4.41. The highest BCUT2D eigenvalue weighted by atomic mass is 79.9. The lowest BCUT2D eigenvalue weighted by Gasteiger charge is -2.39. The van der Waals surface area contributed by atoms with E-state index < -0.39 is 0 Å². The summed E-state index contributed by atoms with van der Waals surface area (Å²) >= 11 is 16.0. The monoisotopic (exact) mass is 411 g/mol. The Morgan fingerprint density at radius 1 is 1.13 bits per heavy atom. The molecule has 2 aromatic rings. The minimum atomic E-state index is -0.371. The molecule has 0 saturated carbocycles. The highest BCUT2D eigenvalue weighted by molar-refractivity contribution is 9.09. The van der Waals surface area contributed by atoms with Gasteiger partial charge in [0.2, 0.25) is 0 Å². The maximum Gasteiger partial charge on any atom is 0.256 e. The van der Waals surface area contributed by atoms with Gasteiger partial charge in [-0.2, -0.15) is 0 Å². The molecule has 0 aliphatic carbocycles. The quantitative estimate of drug-likeness (QED) is 0.618. The topological polar surface area (TPSA) is 29.5 Å². The van der Waals surface area contributed by atoms with Crippen molar-refractivity contribution in [1.29, 1.82) is 0 Å². The molecule has 2 aliphatic rings. The van der Waals surface area contributed by atoms with E-state index in [2.05, 4.69) is 15.9 Å². The van der Waals surface area contributed by atoms with Crippen LogP contribution in [-0.2, 0) is 4.74 Å². The SMILES string of the molecule is O=C1c2ccccc2[C@H]2O[C@@H](c3ccc(Cl)cc3Cl)[C@H](Br)CN12. The van der Waals surface area contributed by atoms with Crippen LogP contribution in [0.1, 0.15) is 33.8 Å². The van der Waals surface area contributed by atoms with Gasteiger partial charge >= 0.3 is 0 Å². The van der Waals surface area contributed by atoms with Crippen LogP contribution in [0.3, 0.4) is 0 Å². The van der Waals surface area contributed by atoms with Crippen molar-refractivity contribution in [3.8, 4) is 0 Å². The van der Waals surface area contributed by atoms with Crippen molar-refractivity contribution in [2.45, 2.75) is 17.2 Å². The van der Waals surface area contributed by atoms with Gasteiger partial charge in [-0.25, -0.2) is 0 Å². The molecule has 0 bridgehead atoms. The van der Waals surface area contributed by atoms with Crippen molar-refractivity contribution in [2.24, 2.45) is 0 Å². The van der Waals surface area contributed by atoms with E-state index in [0.29, 0.717) is 22.2 Å². The predicted molar refractivity (Wildman–Crippen MR) is 93.2 cm³/mol. The average molecular weight is 413 g/mol. The van der Waals surface area contributed by atoms with Crippen molar-refractivity contribution in [3.63, 3.8) is 0 Å². The smallest absolute Gasteiger partial charge is 0.256 e. The lowest BCUT2D eigenvalue weighted by Crippen LogP contribution is -2.43. The number of fused-ring (bicyclic) bond motifs is 3. The molecular formula is C17H12BrCl2NO2. The second-order valence-electron chi connectivity index (χ2n) is 5.64. The molecule has 0 aromatic heterocycles. The normalized spacial score (nSPS) is 26.1. The minimum absolute atomic E-state index is 0.00991. The van der Waals surface area contributed by atoms with E-state index in [1.54, 1.807) is 17.0 Å². The number of carbonyl (C=O) groups excluding carboxylic acids is 1. The number of rotatable bonds is 1. The van der Waals surface area contributed by atoms with Gasteiger partial charge in [-0.15, -0.1) is 0 Å². The number of carbonyl (C=O) groups is 1. The Kier molecular flexibility index (Phi) is 3.88. The largest absolute Gasteiger partial charge is 0.345 e. The third kappa shape index (κ3) is 2.49. The first-order chi connectivity index (χ1) is 11.1. The van der Waals surface area contributed by atoms with Crippen molar-refractivity contribution in [1.82, 2.24) is 4.90 Å². The van der Waals surface area contributed by atoms with Crippen LogP contribution in [-0.4, -0.2) is 22.2 Å². The summed E-state index contributed by atoms with van der Waals surface area (Å²) in [5.41, 5.74) is 2.49. The fourth-order valence-electron chi connectivity index (χ4n) is 3.17. The maximum absolute atomic E-state index is 12.5. The first kappa shape index (κ1) is 15.5. The van der Waals surface area contributed by atoms with Crippen molar-refractivity contribution in [3.05, 3.63) is 69.2 Å². The second kappa shape index (κ2) is 5.78. The third-order valence-electron chi connectivity index (χ3n) is 4.25. The van der Waals surface area contributed by atoms with Gasteiger partial charge < -0.3 is 9.64 Å². The molecule has 1 saturated heterocycles. The van der Waals surface area contributed by atoms with Gasteiger partial charge in [0.1, 0.15) is 6.10 Å². The van der Waals surface area contributed by atoms with Gasteiger partial charge in [-0.1, -0.05) is 63.4 Å². The van der Waals surface area contributed by atoms with Gasteiger partial charge in [0, 0.05) is 33.3 Å². The fraction of sp³-hybridized carbons (Fsp3) is 0.235. The van der Waals surface area contributed by atoms with Crippen LogP contribution in [0.5, 0.6) is 0 Å². The highest BCUT2D eigenvalue weighted by Crippen LogP contribution is 2.46. The molecule has 0 radical (unpaired) electrons. The number of halogens is 3.